The molecule has 0 heterocycles. The van der Waals surface area contributed by atoms with Gasteiger partial charge in [0.25, 0.3) is 0 Å². The van der Waals surface area contributed by atoms with Crippen molar-refractivity contribution in [3.8, 4) is 0 Å². The molecule has 0 fully saturated rings. The van der Waals surface area contributed by atoms with Gasteiger partial charge in [0.05, 0.1) is 20.6 Å². The molecule has 22 heavy (non-hydrogen) atoms. The molecule has 0 aliphatic heterocycles. The van der Waals surface area contributed by atoms with Crippen LogP contribution in [-0.2, 0) is 14.6 Å². The van der Waals surface area contributed by atoms with Crippen molar-refractivity contribution in [1.29, 1.82) is 0 Å². The summed E-state index contributed by atoms with van der Waals surface area (Å²) in [5.74, 6) is -1.46. The van der Waals surface area contributed by atoms with Crippen molar-refractivity contribution < 1.29 is 13.2 Å². The Morgan fingerprint density at radius 1 is 1.00 bits per heavy atom. The van der Waals surface area contributed by atoms with E-state index in [1.807, 2.05) is 0 Å². The molecule has 0 aliphatic carbocycles. The maximum Gasteiger partial charge on any atom is 0.240 e. The number of halogens is 3. The molecular weight excluding hydrogens is 369 g/mol. The fourth-order valence-electron chi connectivity index (χ4n) is 1.72. The smallest absolute Gasteiger partial charge is 0.240 e. The van der Waals surface area contributed by atoms with Gasteiger partial charge in [-0.05, 0) is 24.3 Å². The van der Waals surface area contributed by atoms with Crippen molar-refractivity contribution in [2.45, 2.75) is 4.90 Å². The Kier molecular flexibility index (Phi) is 5.34. The monoisotopic (exact) mass is 377 g/mol. The minimum atomic E-state index is -3.74. The first-order chi connectivity index (χ1) is 10.3. The fourth-order valence-corrected chi connectivity index (χ4v) is 3.79. The van der Waals surface area contributed by atoms with Crippen LogP contribution in [0.4, 0.5) is 5.69 Å². The van der Waals surface area contributed by atoms with Crippen LogP contribution in [0.15, 0.2) is 47.4 Å². The van der Waals surface area contributed by atoms with Crippen LogP contribution in [-0.4, -0.2) is 20.1 Å². The van der Waals surface area contributed by atoms with E-state index >= 15 is 0 Å². The Morgan fingerprint density at radius 3 is 2.09 bits per heavy atom. The van der Waals surface area contributed by atoms with Crippen LogP contribution >= 0.6 is 34.8 Å². The molecule has 0 atom stereocenters. The summed E-state index contributed by atoms with van der Waals surface area (Å²) in [5.41, 5.74) is 0.126. The topological polar surface area (TPSA) is 63.2 Å². The van der Waals surface area contributed by atoms with Crippen molar-refractivity contribution in [1.82, 2.24) is 0 Å². The van der Waals surface area contributed by atoms with Gasteiger partial charge in [0.2, 0.25) is 5.91 Å². The largest absolute Gasteiger partial charge is 0.323 e. The van der Waals surface area contributed by atoms with E-state index in [9.17, 15) is 13.2 Å². The molecular formula is C14H10Cl3NO3S. The van der Waals surface area contributed by atoms with Gasteiger partial charge in [-0.15, -0.1) is 0 Å². The zero-order chi connectivity index (χ0) is 16.3. The van der Waals surface area contributed by atoms with Gasteiger partial charge in [-0.1, -0.05) is 53.0 Å². The Hall–Kier alpha value is -1.27. The molecule has 0 aromatic heterocycles. The molecule has 8 heteroatoms. The fraction of sp³-hybridized carbons (Fsp3) is 0.0714. The summed E-state index contributed by atoms with van der Waals surface area (Å²) in [5, 5.41) is 2.96. The number of hydrogen-bond donors (Lipinski definition) is 1. The first kappa shape index (κ1) is 17.1. The highest BCUT2D eigenvalue weighted by molar-refractivity contribution is 7.92. The number of amides is 1. The molecule has 1 N–H and O–H groups in total. The molecule has 0 bridgehead atoms. The molecule has 0 saturated heterocycles. The normalized spacial score (nSPS) is 11.2. The van der Waals surface area contributed by atoms with Gasteiger partial charge >= 0.3 is 0 Å². The Morgan fingerprint density at radius 2 is 1.55 bits per heavy atom. The molecule has 0 spiro atoms. The van der Waals surface area contributed by atoms with Crippen molar-refractivity contribution in [3.05, 3.63) is 57.5 Å². The third-order valence-corrected chi connectivity index (χ3v) is 5.14. The predicted octanol–water partition coefficient (Wildman–Crippen LogP) is 4.06. The minimum absolute atomic E-state index is 0.0680. The average molecular weight is 379 g/mol. The summed E-state index contributed by atoms with van der Waals surface area (Å²) < 4.78 is 24.2. The minimum Gasteiger partial charge on any atom is -0.323 e. The Labute approximate surface area is 142 Å². The van der Waals surface area contributed by atoms with Crippen molar-refractivity contribution in [2.24, 2.45) is 0 Å². The van der Waals surface area contributed by atoms with E-state index in [4.69, 9.17) is 34.8 Å². The second kappa shape index (κ2) is 6.87. The van der Waals surface area contributed by atoms with E-state index in [1.165, 1.54) is 24.3 Å². The third kappa shape index (κ3) is 4.14. The Balaban J connectivity index is 2.18. The second-order valence-corrected chi connectivity index (χ2v) is 7.61. The van der Waals surface area contributed by atoms with Gasteiger partial charge in [-0.2, -0.15) is 0 Å². The van der Waals surface area contributed by atoms with Gasteiger partial charge in [0, 0.05) is 5.02 Å². The lowest BCUT2D eigenvalue weighted by molar-refractivity contribution is -0.113. The molecule has 2 aromatic carbocycles. The van der Waals surface area contributed by atoms with Crippen LogP contribution in [0.1, 0.15) is 0 Å². The zero-order valence-electron chi connectivity index (χ0n) is 11.0. The summed E-state index contributed by atoms with van der Waals surface area (Å²) in [6.07, 6.45) is 0. The molecule has 0 unspecified atom stereocenters. The van der Waals surface area contributed by atoms with E-state index < -0.39 is 21.5 Å². The van der Waals surface area contributed by atoms with E-state index in [0.717, 1.165) is 0 Å². The number of nitrogens with one attached hydrogen (secondary N) is 1. The zero-order valence-corrected chi connectivity index (χ0v) is 14.1. The summed E-state index contributed by atoms with van der Waals surface area (Å²) in [6, 6.07) is 10.5. The van der Waals surface area contributed by atoms with Crippen LogP contribution in [0.25, 0.3) is 0 Å². The second-order valence-electron chi connectivity index (χ2n) is 4.36. The standard InChI is InChI=1S/C14H10Cl3NO3S/c15-9-6-11(16)14(12(17)7-9)18-13(19)8-22(20,21)10-4-2-1-3-5-10/h1-7H,8H2,(H,18,19). The van der Waals surface area contributed by atoms with Crippen molar-refractivity contribution in [3.63, 3.8) is 0 Å². The maximum atomic E-state index is 12.1. The molecule has 116 valence electrons. The molecule has 4 nitrogen and oxygen atoms in total. The molecule has 0 radical (unpaired) electrons. The number of benzene rings is 2. The van der Waals surface area contributed by atoms with Gasteiger partial charge in [-0.3, -0.25) is 4.79 Å². The van der Waals surface area contributed by atoms with Gasteiger partial charge in [0.15, 0.2) is 9.84 Å². The lowest BCUT2D eigenvalue weighted by atomic mass is 10.3. The SMILES string of the molecule is O=C(CS(=O)(=O)c1ccccc1)Nc1c(Cl)cc(Cl)cc1Cl. The molecule has 2 aromatic rings. The van der Waals surface area contributed by atoms with Gasteiger partial charge < -0.3 is 5.32 Å². The summed E-state index contributed by atoms with van der Waals surface area (Å²) in [6.45, 7) is 0. The first-order valence-electron chi connectivity index (χ1n) is 6.02. The number of carbonyl (C=O) groups is 1. The quantitative estimate of drug-likeness (QED) is 0.872. The maximum absolute atomic E-state index is 12.1. The number of hydrogen-bond acceptors (Lipinski definition) is 3. The van der Waals surface area contributed by atoms with E-state index in [2.05, 4.69) is 5.32 Å². The van der Waals surface area contributed by atoms with E-state index in [0.29, 0.717) is 5.02 Å². The van der Waals surface area contributed by atoms with Gasteiger partial charge in [0.1, 0.15) is 5.75 Å². The predicted molar refractivity (Wildman–Crippen MR) is 88.6 cm³/mol. The highest BCUT2D eigenvalue weighted by Gasteiger charge is 2.20. The van der Waals surface area contributed by atoms with Crippen molar-refractivity contribution >= 4 is 56.2 Å². The summed E-state index contributed by atoms with van der Waals surface area (Å²) >= 11 is 17.6. The number of rotatable bonds is 4. The molecule has 1 amide bonds. The highest BCUT2D eigenvalue weighted by atomic mass is 35.5. The number of anilines is 1. The summed E-state index contributed by atoms with van der Waals surface area (Å²) in [7, 11) is -3.74. The average Bonchev–Trinajstić information content (AvgIpc) is 2.43. The van der Waals surface area contributed by atoms with Crippen LogP contribution in [0.3, 0.4) is 0 Å². The third-order valence-electron chi connectivity index (χ3n) is 2.69. The first-order valence-corrected chi connectivity index (χ1v) is 8.80. The van der Waals surface area contributed by atoms with Crippen LogP contribution < -0.4 is 5.32 Å². The highest BCUT2D eigenvalue weighted by Crippen LogP contribution is 2.33. The molecule has 0 aliphatic rings. The summed E-state index contributed by atoms with van der Waals surface area (Å²) in [4.78, 5) is 12.0. The lowest BCUT2D eigenvalue weighted by Crippen LogP contribution is -2.23. The Bertz CT molecular complexity index is 784. The van der Waals surface area contributed by atoms with E-state index in [-0.39, 0.29) is 20.6 Å². The van der Waals surface area contributed by atoms with Crippen LogP contribution in [0, 0.1) is 0 Å². The molecule has 0 saturated carbocycles. The van der Waals surface area contributed by atoms with Crippen LogP contribution in [0.2, 0.25) is 15.1 Å². The van der Waals surface area contributed by atoms with Crippen LogP contribution in [0.5, 0.6) is 0 Å². The van der Waals surface area contributed by atoms with Crippen molar-refractivity contribution in [2.75, 3.05) is 11.1 Å². The van der Waals surface area contributed by atoms with E-state index in [1.54, 1.807) is 18.2 Å². The lowest BCUT2D eigenvalue weighted by Gasteiger charge is -2.10. The molecule has 2 rings (SSSR count). The number of carbonyl (C=O) groups excluding carboxylic acids is 1. The number of sulfone groups is 1. The van der Waals surface area contributed by atoms with Gasteiger partial charge in [-0.25, -0.2) is 8.42 Å².